The highest BCUT2D eigenvalue weighted by Crippen LogP contribution is 2.39. The van der Waals surface area contributed by atoms with Crippen molar-refractivity contribution in [1.82, 2.24) is 5.32 Å². The van der Waals surface area contributed by atoms with Crippen molar-refractivity contribution in [2.45, 2.75) is 12.5 Å². The number of methoxy groups -OCH3 is 2. The predicted molar refractivity (Wildman–Crippen MR) is 96.8 cm³/mol. The van der Waals surface area contributed by atoms with Crippen LogP contribution in [0.15, 0.2) is 30.3 Å². The summed E-state index contributed by atoms with van der Waals surface area (Å²) >= 11 is 12.2. The SMILES string of the molecule is COc1cc2c(cc1OC)C(c1ccc(Cl)c(Cl)c1)CNC2.Cl. The van der Waals surface area contributed by atoms with Gasteiger partial charge in [-0.2, -0.15) is 0 Å². The van der Waals surface area contributed by atoms with Crippen molar-refractivity contribution in [3.63, 3.8) is 0 Å². The van der Waals surface area contributed by atoms with Gasteiger partial charge in [-0.1, -0.05) is 29.3 Å². The maximum Gasteiger partial charge on any atom is 0.161 e. The Labute approximate surface area is 152 Å². The van der Waals surface area contributed by atoms with Crippen LogP contribution in [0.4, 0.5) is 0 Å². The van der Waals surface area contributed by atoms with E-state index in [-0.39, 0.29) is 18.3 Å². The van der Waals surface area contributed by atoms with E-state index in [1.807, 2.05) is 24.3 Å². The van der Waals surface area contributed by atoms with E-state index in [0.29, 0.717) is 10.0 Å². The summed E-state index contributed by atoms with van der Waals surface area (Å²) in [6, 6.07) is 9.88. The molecule has 0 spiro atoms. The summed E-state index contributed by atoms with van der Waals surface area (Å²) in [4.78, 5) is 0. The van der Waals surface area contributed by atoms with E-state index in [0.717, 1.165) is 30.2 Å². The van der Waals surface area contributed by atoms with Gasteiger partial charge in [0.1, 0.15) is 0 Å². The number of benzene rings is 2. The van der Waals surface area contributed by atoms with Gasteiger partial charge >= 0.3 is 0 Å². The Morgan fingerprint density at radius 2 is 1.70 bits per heavy atom. The molecule has 124 valence electrons. The molecule has 0 radical (unpaired) electrons. The molecule has 0 saturated carbocycles. The van der Waals surface area contributed by atoms with Crippen molar-refractivity contribution in [3.8, 4) is 11.5 Å². The van der Waals surface area contributed by atoms with E-state index >= 15 is 0 Å². The summed E-state index contributed by atoms with van der Waals surface area (Å²) in [6.07, 6.45) is 0. The van der Waals surface area contributed by atoms with Gasteiger partial charge in [-0.05, 0) is 41.0 Å². The van der Waals surface area contributed by atoms with Gasteiger partial charge in [0.15, 0.2) is 11.5 Å². The molecule has 0 fully saturated rings. The van der Waals surface area contributed by atoms with Gasteiger partial charge < -0.3 is 14.8 Å². The molecule has 0 bridgehead atoms. The van der Waals surface area contributed by atoms with Gasteiger partial charge in [0.2, 0.25) is 0 Å². The van der Waals surface area contributed by atoms with E-state index in [2.05, 4.69) is 11.4 Å². The van der Waals surface area contributed by atoms with Crippen LogP contribution >= 0.6 is 35.6 Å². The first-order valence-electron chi connectivity index (χ1n) is 7.04. The van der Waals surface area contributed by atoms with Gasteiger partial charge in [0, 0.05) is 19.0 Å². The number of rotatable bonds is 3. The third-order valence-corrected chi connectivity index (χ3v) is 4.77. The highest BCUT2D eigenvalue weighted by atomic mass is 35.5. The average molecular weight is 375 g/mol. The van der Waals surface area contributed by atoms with Crippen LogP contribution in [0, 0.1) is 0 Å². The fraction of sp³-hybridized carbons (Fsp3) is 0.294. The number of nitrogens with one attached hydrogen (secondary N) is 1. The molecule has 3 nitrogen and oxygen atoms in total. The van der Waals surface area contributed by atoms with E-state index in [9.17, 15) is 0 Å². The lowest BCUT2D eigenvalue weighted by Gasteiger charge is -2.28. The molecule has 1 heterocycles. The molecule has 0 aliphatic carbocycles. The van der Waals surface area contributed by atoms with Crippen LogP contribution < -0.4 is 14.8 Å². The second kappa shape index (κ2) is 7.63. The maximum absolute atomic E-state index is 6.17. The van der Waals surface area contributed by atoms with Crippen molar-refractivity contribution < 1.29 is 9.47 Å². The summed E-state index contributed by atoms with van der Waals surface area (Å²) in [5, 5.41) is 4.59. The van der Waals surface area contributed by atoms with Crippen LogP contribution in [-0.4, -0.2) is 20.8 Å². The Balaban J connectivity index is 0.00000192. The van der Waals surface area contributed by atoms with Crippen LogP contribution in [0.2, 0.25) is 10.0 Å². The second-order valence-corrected chi connectivity index (χ2v) is 6.08. The van der Waals surface area contributed by atoms with Crippen molar-refractivity contribution >= 4 is 35.6 Å². The highest BCUT2D eigenvalue weighted by molar-refractivity contribution is 6.42. The van der Waals surface area contributed by atoms with Crippen molar-refractivity contribution in [1.29, 1.82) is 0 Å². The summed E-state index contributed by atoms with van der Waals surface area (Å²) in [5.41, 5.74) is 3.57. The molecule has 3 rings (SSSR count). The molecule has 2 aromatic rings. The molecule has 1 unspecified atom stereocenters. The van der Waals surface area contributed by atoms with Crippen LogP contribution in [-0.2, 0) is 6.54 Å². The monoisotopic (exact) mass is 373 g/mol. The van der Waals surface area contributed by atoms with Gasteiger partial charge in [0.25, 0.3) is 0 Å². The van der Waals surface area contributed by atoms with Gasteiger partial charge in [-0.15, -0.1) is 12.4 Å². The molecule has 1 aliphatic rings. The number of halogens is 3. The average Bonchev–Trinajstić information content (AvgIpc) is 2.55. The zero-order chi connectivity index (χ0) is 15.7. The van der Waals surface area contributed by atoms with E-state index in [1.54, 1.807) is 14.2 Å². The standard InChI is InChI=1S/C17H17Cl2NO2.ClH/c1-21-16-6-11-8-20-9-13(12(11)7-17(16)22-2)10-3-4-14(18)15(19)5-10;/h3-7,13,20H,8-9H2,1-2H3;1H. The van der Waals surface area contributed by atoms with Gasteiger partial charge in [-0.25, -0.2) is 0 Å². The molecular weight excluding hydrogens is 357 g/mol. The molecule has 2 aromatic carbocycles. The molecule has 0 saturated heterocycles. The first kappa shape index (κ1) is 18.2. The van der Waals surface area contributed by atoms with Crippen molar-refractivity contribution in [2.75, 3.05) is 20.8 Å². The zero-order valence-corrected chi connectivity index (χ0v) is 15.2. The zero-order valence-electron chi connectivity index (χ0n) is 12.9. The topological polar surface area (TPSA) is 30.5 Å². The Kier molecular flexibility index (Phi) is 6.04. The molecule has 0 amide bonds. The van der Waals surface area contributed by atoms with Crippen LogP contribution in [0.1, 0.15) is 22.6 Å². The van der Waals surface area contributed by atoms with E-state index in [1.165, 1.54) is 11.1 Å². The number of hydrogen-bond acceptors (Lipinski definition) is 3. The first-order valence-corrected chi connectivity index (χ1v) is 7.80. The molecule has 23 heavy (non-hydrogen) atoms. The Bertz CT molecular complexity index is 706. The molecular formula is C17H18Cl3NO2. The molecule has 1 aliphatic heterocycles. The van der Waals surface area contributed by atoms with Crippen molar-refractivity contribution in [2.24, 2.45) is 0 Å². The Morgan fingerprint density at radius 1 is 1.00 bits per heavy atom. The van der Waals surface area contributed by atoms with E-state index in [4.69, 9.17) is 32.7 Å². The summed E-state index contributed by atoms with van der Waals surface area (Å²) in [5.74, 6) is 1.70. The third kappa shape index (κ3) is 3.53. The Hall–Kier alpha value is -1.13. The molecule has 6 heteroatoms. The molecule has 1 N–H and O–H groups in total. The summed E-state index contributed by atoms with van der Waals surface area (Å²) in [6.45, 7) is 1.66. The first-order chi connectivity index (χ1) is 10.6. The lowest BCUT2D eigenvalue weighted by Crippen LogP contribution is -2.29. The third-order valence-electron chi connectivity index (χ3n) is 4.03. The minimum atomic E-state index is 0. The minimum Gasteiger partial charge on any atom is -0.493 e. The minimum absolute atomic E-state index is 0. The highest BCUT2D eigenvalue weighted by Gasteiger charge is 2.24. The lowest BCUT2D eigenvalue weighted by molar-refractivity contribution is 0.353. The quantitative estimate of drug-likeness (QED) is 0.847. The maximum atomic E-state index is 6.17. The predicted octanol–water partition coefficient (Wildman–Crippen LogP) is 4.67. The van der Waals surface area contributed by atoms with Crippen LogP contribution in [0.25, 0.3) is 0 Å². The van der Waals surface area contributed by atoms with Crippen molar-refractivity contribution in [3.05, 3.63) is 57.1 Å². The summed E-state index contributed by atoms with van der Waals surface area (Å²) in [7, 11) is 3.30. The van der Waals surface area contributed by atoms with Crippen LogP contribution in [0.3, 0.4) is 0 Å². The fourth-order valence-electron chi connectivity index (χ4n) is 2.90. The number of fused-ring (bicyclic) bond motifs is 1. The van der Waals surface area contributed by atoms with Gasteiger partial charge in [-0.3, -0.25) is 0 Å². The Morgan fingerprint density at radius 3 is 2.35 bits per heavy atom. The molecule has 1 atom stereocenters. The van der Waals surface area contributed by atoms with E-state index < -0.39 is 0 Å². The van der Waals surface area contributed by atoms with Gasteiger partial charge in [0.05, 0.1) is 24.3 Å². The normalized spacial score (nSPS) is 16.3. The smallest absolute Gasteiger partial charge is 0.161 e. The lowest BCUT2D eigenvalue weighted by atomic mass is 9.85. The second-order valence-electron chi connectivity index (χ2n) is 5.26. The largest absolute Gasteiger partial charge is 0.493 e. The molecule has 0 aromatic heterocycles. The number of ether oxygens (including phenoxy) is 2. The number of hydrogen-bond donors (Lipinski definition) is 1. The summed E-state index contributed by atoms with van der Waals surface area (Å²) < 4.78 is 10.8. The fourth-order valence-corrected chi connectivity index (χ4v) is 3.21. The van der Waals surface area contributed by atoms with Crippen LogP contribution in [0.5, 0.6) is 11.5 Å².